The van der Waals surface area contributed by atoms with Gasteiger partial charge in [0.05, 0.1) is 12.2 Å². The number of amides is 2. The number of hydrogen-bond acceptors (Lipinski definition) is 3. The van der Waals surface area contributed by atoms with Crippen molar-refractivity contribution in [1.82, 2.24) is 4.90 Å². The number of rotatable bonds is 3. The van der Waals surface area contributed by atoms with E-state index in [4.69, 9.17) is 9.47 Å². The van der Waals surface area contributed by atoms with E-state index >= 15 is 0 Å². The molecule has 0 bridgehead atoms. The van der Waals surface area contributed by atoms with Crippen LogP contribution in [0.1, 0.15) is 5.56 Å². The van der Waals surface area contributed by atoms with Gasteiger partial charge in [0.2, 0.25) is 0 Å². The van der Waals surface area contributed by atoms with Gasteiger partial charge in [-0.1, -0.05) is 18.2 Å². The molecule has 3 rings (SSSR count). The van der Waals surface area contributed by atoms with Crippen molar-refractivity contribution in [3.63, 3.8) is 0 Å². The van der Waals surface area contributed by atoms with Crippen molar-refractivity contribution >= 4 is 27.6 Å². The lowest BCUT2D eigenvalue weighted by atomic mass is 10.2. The van der Waals surface area contributed by atoms with Crippen LogP contribution in [-0.4, -0.2) is 37.2 Å². The van der Waals surface area contributed by atoms with Crippen LogP contribution in [0.3, 0.4) is 0 Å². The molecule has 1 unspecified atom stereocenters. The van der Waals surface area contributed by atoms with Crippen LogP contribution >= 0.6 is 15.9 Å². The Balaban J connectivity index is 1.59. The van der Waals surface area contributed by atoms with E-state index in [1.165, 1.54) is 0 Å². The summed E-state index contributed by atoms with van der Waals surface area (Å²) in [4.78, 5) is 14.0. The van der Waals surface area contributed by atoms with Gasteiger partial charge in [0.15, 0.2) is 17.6 Å². The Labute approximate surface area is 149 Å². The molecule has 2 amide bonds. The maximum Gasteiger partial charge on any atom is 0.321 e. The van der Waals surface area contributed by atoms with Gasteiger partial charge in [0, 0.05) is 11.5 Å². The first kappa shape index (κ1) is 16.6. The number of benzene rings is 2. The predicted octanol–water partition coefficient (Wildman–Crippen LogP) is 4.06. The van der Waals surface area contributed by atoms with E-state index in [2.05, 4.69) is 21.2 Å². The third kappa shape index (κ3) is 3.82. The number of ether oxygens (including phenoxy) is 2. The van der Waals surface area contributed by atoms with Crippen LogP contribution in [-0.2, 0) is 0 Å². The van der Waals surface area contributed by atoms with Crippen LogP contribution in [0, 0.1) is 6.92 Å². The minimum atomic E-state index is -0.197. The lowest BCUT2D eigenvalue weighted by Gasteiger charge is -2.29. The van der Waals surface area contributed by atoms with Gasteiger partial charge in [0.1, 0.15) is 6.61 Å². The normalized spacial score (nSPS) is 15.7. The minimum absolute atomic E-state index is 0.193. The number of para-hydroxylation sites is 2. The van der Waals surface area contributed by atoms with E-state index in [9.17, 15) is 4.79 Å². The summed E-state index contributed by atoms with van der Waals surface area (Å²) < 4.78 is 12.4. The summed E-state index contributed by atoms with van der Waals surface area (Å²) in [6.07, 6.45) is -0.197. The monoisotopic (exact) mass is 390 g/mol. The van der Waals surface area contributed by atoms with E-state index < -0.39 is 0 Å². The maximum atomic E-state index is 12.4. The Kier molecular flexibility index (Phi) is 4.94. The average molecular weight is 391 g/mol. The molecular weight excluding hydrogens is 372 g/mol. The topological polar surface area (TPSA) is 50.8 Å². The van der Waals surface area contributed by atoms with Crippen molar-refractivity contribution in [3.8, 4) is 11.5 Å². The first-order valence-corrected chi connectivity index (χ1v) is 8.49. The maximum absolute atomic E-state index is 12.4. The van der Waals surface area contributed by atoms with Gasteiger partial charge in [0.25, 0.3) is 0 Å². The van der Waals surface area contributed by atoms with Gasteiger partial charge >= 0.3 is 6.03 Å². The number of halogens is 1. The van der Waals surface area contributed by atoms with E-state index in [0.29, 0.717) is 18.9 Å². The van der Waals surface area contributed by atoms with Gasteiger partial charge in [-0.3, -0.25) is 0 Å². The second-order valence-corrected chi connectivity index (χ2v) is 6.65. The lowest BCUT2D eigenvalue weighted by Crippen LogP contribution is -2.43. The molecule has 2 aromatic carbocycles. The third-order valence-electron chi connectivity index (χ3n) is 3.76. The number of nitrogens with one attached hydrogen (secondary N) is 1. The molecule has 0 spiro atoms. The standard InChI is InChI=1S/C18H19BrN2O3/c1-12-7-8-15(14(19)9-12)20-18(22)21(2)10-13-11-23-16-5-3-4-6-17(16)24-13/h3-9,13H,10-11H2,1-2H3,(H,20,22). The van der Waals surface area contributed by atoms with Crippen molar-refractivity contribution in [2.24, 2.45) is 0 Å². The lowest BCUT2D eigenvalue weighted by molar-refractivity contribution is 0.0731. The smallest absolute Gasteiger partial charge is 0.321 e. The van der Waals surface area contributed by atoms with Crippen LogP contribution < -0.4 is 14.8 Å². The van der Waals surface area contributed by atoms with Crippen molar-refractivity contribution in [2.75, 3.05) is 25.5 Å². The number of fused-ring (bicyclic) bond motifs is 1. The molecule has 1 aliphatic heterocycles. The van der Waals surface area contributed by atoms with Gasteiger partial charge in [-0.25, -0.2) is 4.79 Å². The Morgan fingerprint density at radius 1 is 1.29 bits per heavy atom. The highest BCUT2D eigenvalue weighted by Crippen LogP contribution is 2.31. The molecule has 2 aromatic rings. The molecule has 0 radical (unpaired) electrons. The summed E-state index contributed by atoms with van der Waals surface area (Å²) >= 11 is 3.46. The first-order valence-electron chi connectivity index (χ1n) is 7.69. The minimum Gasteiger partial charge on any atom is -0.486 e. The van der Waals surface area contributed by atoms with Crippen LogP contribution in [0.15, 0.2) is 46.9 Å². The fraction of sp³-hybridized carbons (Fsp3) is 0.278. The number of carbonyl (C=O) groups excluding carboxylic acids is 1. The molecule has 6 heteroatoms. The molecule has 0 aliphatic carbocycles. The fourth-order valence-corrected chi connectivity index (χ4v) is 3.07. The molecule has 1 N–H and O–H groups in total. The second-order valence-electron chi connectivity index (χ2n) is 5.79. The van der Waals surface area contributed by atoms with E-state index in [1.54, 1.807) is 11.9 Å². The molecular formula is C18H19BrN2O3. The van der Waals surface area contributed by atoms with Crippen LogP contribution in [0.5, 0.6) is 11.5 Å². The highest BCUT2D eigenvalue weighted by Gasteiger charge is 2.23. The van der Waals surface area contributed by atoms with Gasteiger partial charge in [-0.05, 0) is 52.7 Å². The molecule has 0 aromatic heterocycles. The number of hydrogen-bond donors (Lipinski definition) is 1. The van der Waals surface area contributed by atoms with Crippen LogP contribution in [0.2, 0.25) is 0 Å². The Bertz CT molecular complexity index is 751. The SMILES string of the molecule is Cc1ccc(NC(=O)N(C)CC2COc3ccccc3O2)c(Br)c1. The molecule has 5 nitrogen and oxygen atoms in total. The highest BCUT2D eigenvalue weighted by molar-refractivity contribution is 9.10. The molecule has 126 valence electrons. The molecule has 0 fully saturated rings. The van der Waals surface area contributed by atoms with E-state index in [1.807, 2.05) is 49.4 Å². The number of aryl methyl sites for hydroxylation is 1. The molecule has 0 saturated heterocycles. The second kappa shape index (κ2) is 7.13. The largest absolute Gasteiger partial charge is 0.486 e. The zero-order valence-electron chi connectivity index (χ0n) is 13.6. The van der Waals surface area contributed by atoms with Gasteiger partial charge in [-0.15, -0.1) is 0 Å². The zero-order chi connectivity index (χ0) is 17.1. The highest BCUT2D eigenvalue weighted by atomic mass is 79.9. The van der Waals surface area contributed by atoms with Crippen LogP contribution in [0.25, 0.3) is 0 Å². The number of anilines is 1. The molecule has 1 aliphatic rings. The van der Waals surface area contributed by atoms with Crippen LogP contribution in [0.4, 0.5) is 10.5 Å². The third-order valence-corrected chi connectivity index (χ3v) is 4.41. The Morgan fingerprint density at radius 3 is 2.79 bits per heavy atom. The number of nitrogens with zero attached hydrogens (tertiary/aromatic N) is 1. The zero-order valence-corrected chi connectivity index (χ0v) is 15.2. The molecule has 0 saturated carbocycles. The first-order chi connectivity index (χ1) is 11.5. The molecule has 1 atom stereocenters. The summed E-state index contributed by atoms with van der Waals surface area (Å²) in [6.45, 7) is 2.85. The Hall–Kier alpha value is -2.21. The average Bonchev–Trinajstić information content (AvgIpc) is 2.57. The predicted molar refractivity (Wildman–Crippen MR) is 96.9 cm³/mol. The quantitative estimate of drug-likeness (QED) is 0.859. The van der Waals surface area contributed by atoms with Gasteiger partial charge < -0.3 is 19.7 Å². The number of likely N-dealkylation sites (N-methyl/N-ethyl adjacent to an activating group) is 1. The number of carbonyl (C=O) groups is 1. The summed E-state index contributed by atoms with van der Waals surface area (Å²) in [7, 11) is 1.74. The van der Waals surface area contributed by atoms with Crippen molar-refractivity contribution in [2.45, 2.75) is 13.0 Å². The van der Waals surface area contributed by atoms with Crippen molar-refractivity contribution < 1.29 is 14.3 Å². The van der Waals surface area contributed by atoms with Gasteiger partial charge in [-0.2, -0.15) is 0 Å². The van der Waals surface area contributed by atoms with Crippen molar-refractivity contribution in [1.29, 1.82) is 0 Å². The molecule has 1 heterocycles. The fourth-order valence-electron chi connectivity index (χ4n) is 2.47. The summed E-state index contributed by atoms with van der Waals surface area (Å²) in [5, 5.41) is 2.89. The summed E-state index contributed by atoms with van der Waals surface area (Å²) in [5.41, 5.74) is 1.86. The summed E-state index contributed by atoms with van der Waals surface area (Å²) in [6, 6.07) is 13.1. The van der Waals surface area contributed by atoms with E-state index in [-0.39, 0.29) is 12.1 Å². The van der Waals surface area contributed by atoms with Crippen molar-refractivity contribution in [3.05, 3.63) is 52.5 Å². The van der Waals surface area contributed by atoms with E-state index in [0.717, 1.165) is 21.5 Å². The number of urea groups is 1. The molecule has 24 heavy (non-hydrogen) atoms. The Morgan fingerprint density at radius 2 is 2.04 bits per heavy atom. The summed E-state index contributed by atoms with van der Waals surface area (Å²) in [5.74, 6) is 1.45.